The molecule has 10 heavy (non-hydrogen) atoms. The van der Waals surface area contributed by atoms with Crippen LogP contribution in [0.2, 0.25) is 0 Å². The normalized spacial score (nSPS) is 12.6. The molecular weight excluding hydrogens is 130 g/mol. The average molecular weight is 143 g/mol. The van der Waals surface area contributed by atoms with E-state index in [0.717, 1.165) is 6.42 Å². The molecule has 2 N–H and O–H groups in total. The second kappa shape index (κ2) is 4.04. The van der Waals surface area contributed by atoms with Crippen molar-refractivity contribution in [2.24, 2.45) is 11.7 Å². The second-order valence-corrected chi connectivity index (χ2v) is 2.42. The first-order valence-electron chi connectivity index (χ1n) is 3.39. The van der Waals surface area contributed by atoms with Gasteiger partial charge in [0, 0.05) is 5.92 Å². The van der Waals surface area contributed by atoms with Gasteiger partial charge in [0.1, 0.15) is 5.78 Å². The third-order valence-corrected chi connectivity index (χ3v) is 1.51. The van der Waals surface area contributed by atoms with Gasteiger partial charge in [-0.2, -0.15) is 0 Å². The van der Waals surface area contributed by atoms with Crippen LogP contribution in [0.1, 0.15) is 26.7 Å². The summed E-state index contributed by atoms with van der Waals surface area (Å²) in [5.41, 5.74) is 4.83. The van der Waals surface area contributed by atoms with Crippen LogP contribution in [-0.2, 0) is 9.59 Å². The molecule has 0 spiro atoms. The van der Waals surface area contributed by atoms with Gasteiger partial charge >= 0.3 is 0 Å². The van der Waals surface area contributed by atoms with Crippen LogP contribution in [0, 0.1) is 5.92 Å². The smallest absolute Gasteiger partial charge is 0.224 e. The molecule has 0 fully saturated rings. The number of carbonyl (C=O) groups excluding carboxylic acids is 2. The molecule has 0 saturated heterocycles. The lowest BCUT2D eigenvalue weighted by atomic mass is 10.0. The van der Waals surface area contributed by atoms with E-state index in [-0.39, 0.29) is 18.1 Å². The molecule has 1 amide bonds. The first-order valence-corrected chi connectivity index (χ1v) is 3.39. The number of ketones is 1. The van der Waals surface area contributed by atoms with Gasteiger partial charge in [-0.25, -0.2) is 0 Å². The fourth-order valence-corrected chi connectivity index (χ4v) is 0.574. The van der Waals surface area contributed by atoms with Crippen LogP contribution in [0.25, 0.3) is 0 Å². The minimum atomic E-state index is -0.537. The zero-order valence-corrected chi connectivity index (χ0v) is 6.39. The SMILES string of the molecule is CCC(C)C(=O)CC(N)=O. The molecule has 58 valence electrons. The summed E-state index contributed by atoms with van der Waals surface area (Å²) < 4.78 is 0. The number of hydrogen-bond acceptors (Lipinski definition) is 2. The van der Waals surface area contributed by atoms with E-state index in [9.17, 15) is 9.59 Å². The number of hydrogen-bond donors (Lipinski definition) is 1. The number of nitrogens with two attached hydrogens (primary N) is 1. The van der Waals surface area contributed by atoms with Gasteiger partial charge in [0.2, 0.25) is 5.91 Å². The topological polar surface area (TPSA) is 60.2 Å². The zero-order chi connectivity index (χ0) is 8.15. The van der Waals surface area contributed by atoms with Crippen molar-refractivity contribution >= 4 is 11.7 Å². The Hall–Kier alpha value is -0.860. The summed E-state index contributed by atoms with van der Waals surface area (Å²) in [6.07, 6.45) is 0.654. The number of Topliss-reactive ketones (excluding diaryl/α,β-unsaturated/α-hetero) is 1. The largest absolute Gasteiger partial charge is 0.369 e. The van der Waals surface area contributed by atoms with Crippen molar-refractivity contribution in [2.45, 2.75) is 26.7 Å². The zero-order valence-electron chi connectivity index (χ0n) is 6.39. The summed E-state index contributed by atoms with van der Waals surface area (Å²) in [6, 6.07) is 0. The summed E-state index contributed by atoms with van der Waals surface area (Å²) in [5, 5.41) is 0. The van der Waals surface area contributed by atoms with E-state index in [4.69, 9.17) is 5.73 Å². The lowest BCUT2D eigenvalue weighted by Crippen LogP contribution is -2.20. The van der Waals surface area contributed by atoms with Crippen LogP contribution < -0.4 is 5.73 Å². The van der Waals surface area contributed by atoms with Crippen LogP contribution in [0.15, 0.2) is 0 Å². The van der Waals surface area contributed by atoms with Gasteiger partial charge < -0.3 is 5.73 Å². The van der Waals surface area contributed by atoms with Crippen molar-refractivity contribution < 1.29 is 9.59 Å². The fourth-order valence-electron chi connectivity index (χ4n) is 0.574. The van der Waals surface area contributed by atoms with E-state index in [1.807, 2.05) is 6.92 Å². The molecule has 0 heterocycles. The van der Waals surface area contributed by atoms with E-state index in [1.165, 1.54) is 0 Å². The molecule has 0 rings (SSSR count). The Morgan fingerprint density at radius 2 is 2.00 bits per heavy atom. The molecular formula is C7H13NO2. The van der Waals surface area contributed by atoms with E-state index in [2.05, 4.69) is 0 Å². The predicted molar refractivity (Wildman–Crippen MR) is 38.3 cm³/mol. The Kier molecular flexibility index (Phi) is 3.69. The maximum atomic E-state index is 10.9. The monoisotopic (exact) mass is 143 g/mol. The minimum absolute atomic E-state index is 0.0347. The minimum Gasteiger partial charge on any atom is -0.369 e. The van der Waals surface area contributed by atoms with E-state index < -0.39 is 5.91 Å². The fraction of sp³-hybridized carbons (Fsp3) is 0.714. The Morgan fingerprint density at radius 1 is 1.50 bits per heavy atom. The highest BCUT2D eigenvalue weighted by molar-refractivity contribution is 5.98. The summed E-state index contributed by atoms with van der Waals surface area (Å²) in [6.45, 7) is 3.70. The van der Waals surface area contributed by atoms with Gasteiger partial charge in [0.05, 0.1) is 6.42 Å². The van der Waals surface area contributed by atoms with E-state index in [1.54, 1.807) is 6.92 Å². The van der Waals surface area contributed by atoms with Gasteiger partial charge in [-0.05, 0) is 6.42 Å². The van der Waals surface area contributed by atoms with E-state index in [0.29, 0.717) is 0 Å². The Labute approximate surface area is 60.6 Å². The van der Waals surface area contributed by atoms with Crippen LogP contribution in [-0.4, -0.2) is 11.7 Å². The van der Waals surface area contributed by atoms with Gasteiger partial charge in [-0.1, -0.05) is 13.8 Å². The first kappa shape index (κ1) is 9.14. The standard InChI is InChI=1S/C7H13NO2/c1-3-5(2)6(9)4-7(8)10/h5H,3-4H2,1-2H3,(H2,8,10). The number of primary amides is 1. The molecule has 0 aromatic rings. The second-order valence-electron chi connectivity index (χ2n) is 2.42. The summed E-state index contributed by atoms with van der Waals surface area (Å²) in [7, 11) is 0. The molecule has 0 aliphatic rings. The van der Waals surface area contributed by atoms with Crippen molar-refractivity contribution in [3.63, 3.8) is 0 Å². The van der Waals surface area contributed by atoms with Gasteiger partial charge in [-0.15, -0.1) is 0 Å². The number of amides is 1. The van der Waals surface area contributed by atoms with Crippen molar-refractivity contribution in [3.8, 4) is 0 Å². The van der Waals surface area contributed by atoms with Crippen molar-refractivity contribution in [2.75, 3.05) is 0 Å². The molecule has 0 aliphatic heterocycles. The predicted octanol–water partition coefficient (Wildman–Crippen LogP) is 0.477. The Bertz CT molecular complexity index is 143. The van der Waals surface area contributed by atoms with Crippen molar-refractivity contribution in [1.82, 2.24) is 0 Å². The van der Waals surface area contributed by atoms with E-state index >= 15 is 0 Å². The van der Waals surface area contributed by atoms with Crippen molar-refractivity contribution in [1.29, 1.82) is 0 Å². The van der Waals surface area contributed by atoms with Gasteiger partial charge in [0.15, 0.2) is 0 Å². The van der Waals surface area contributed by atoms with Gasteiger partial charge in [0.25, 0.3) is 0 Å². The third-order valence-electron chi connectivity index (χ3n) is 1.51. The lowest BCUT2D eigenvalue weighted by Gasteiger charge is -2.03. The highest BCUT2D eigenvalue weighted by Crippen LogP contribution is 2.03. The lowest BCUT2D eigenvalue weighted by molar-refractivity contribution is -0.128. The maximum absolute atomic E-state index is 10.9. The van der Waals surface area contributed by atoms with Crippen LogP contribution in [0.4, 0.5) is 0 Å². The van der Waals surface area contributed by atoms with Crippen LogP contribution in [0.5, 0.6) is 0 Å². The molecule has 1 unspecified atom stereocenters. The number of carbonyl (C=O) groups is 2. The Balaban J connectivity index is 3.73. The van der Waals surface area contributed by atoms with Crippen molar-refractivity contribution in [3.05, 3.63) is 0 Å². The summed E-state index contributed by atoms with van der Waals surface area (Å²) in [5.74, 6) is -0.632. The van der Waals surface area contributed by atoms with Gasteiger partial charge in [-0.3, -0.25) is 9.59 Å². The molecule has 0 aromatic carbocycles. The number of rotatable bonds is 4. The van der Waals surface area contributed by atoms with Crippen LogP contribution in [0.3, 0.4) is 0 Å². The van der Waals surface area contributed by atoms with Crippen LogP contribution >= 0.6 is 0 Å². The molecule has 0 saturated carbocycles. The molecule has 0 radical (unpaired) electrons. The quantitative estimate of drug-likeness (QED) is 0.582. The summed E-state index contributed by atoms with van der Waals surface area (Å²) >= 11 is 0. The molecule has 0 bridgehead atoms. The summed E-state index contributed by atoms with van der Waals surface area (Å²) in [4.78, 5) is 21.1. The third kappa shape index (κ3) is 3.22. The molecule has 0 aromatic heterocycles. The molecule has 0 aliphatic carbocycles. The highest BCUT2D eigenvalue weighted by Gasteiger charge is 2.12. The first-order chi connectivity index (χ1) is 4.57. The average Bonchev–Trinajstić information content (AvgIpc) is 1.85. The molecule has 3 heteroatoms. The Morgan fingerprint density at radius 3 is 2.30 bits per heavy atom. The molecule has 3 nitrogen and oxygen atoms in total. The molecule has 1 atom stereocenters. The maximum Gasteiger partial charge on any atom is 0.224 e. The highest BCUT2D eigenvalue weighted by atomic mass is 16.2.